The van der Waals surface area contributed by atoms with Gasteiger partial charge >= 0.3 is 0 Å². The molecule has 0 aliphatic heterocycles. The third-order valence-electron chi connectivity index (χ3n) is 5.97. The smallest absolute Gasteiger partial charge is 0.0657 e. The van der Waals surface area contributed by atoms with E-state index >= 15 is 0 Å². The van der Waals surface area contributed by atoms with Gasteiger partial charge in [0.15, 0.2) is 0 Å². The zero-order chi connectivity index (χ0) is 13.4. The molecule has 0 N–H and O–H groups in total. The summed E-state index contributed by atoms with van der Waals surface area (Å²) in [4.78, 5) is 0. The summed E-state index contributed by atoms with van der Waals surface area (Å²) in [6.45, 7) is 12.6. The molecule has 0 aromatic rings. The normalized spacial score (nSPS) is 36.8. The fourth-order valence-electron chi connectivity index (χ4n) is 4.87. The van der Waals surface area contributed by atoms with Crippen LogP contribution in [0.1, 0.15) is 73.1 Å². The SMILES string of the molecule is CCCC(C)(CC1CCC2CC1C2(C)C)OCC. The highest BCUT2D eigenvalue weighted by molar-refractivity contribution is 5.04. The maximum Gasteiger partial charge on any atom is 0.0657 e. The van der Waals surface area contributed by atoms with E-state index in [9.17, 15) is 0 Å². The van der Waals surface area contributed by atoms with Crippen LogP contribution < -0.4 is 0 Å². The molecule has 0 aromatic heterocycles. The van der Waals surface area contributed by atoms with Crippen LogP contribution in [0.3, 0.4) is 0 Å². The molecule has 1 heteroatoms. The highest BCUT2D eigenvalue weighted by atomic mass is 16.5. The lowest BCUT2D eigenvalue weighted by Crippen LogP contribution is -2.53. The van der Waals surface area contributed by atoms with Crippen molar-refractivity contribution in [3.05, 3.63) is 0 Å². The molecule has 0 saturated heterocycles. The molecule has 3 fully saturated rings. The molecule has 2 bridgehead atoms. The van der Waals surface area contributed by atoms with E-state index in [1.54, 1.807) is 0 Å². The number of hydrogen-bond acceptors (Lipinski definition) is 1. The van der Waals surface area contributed by atoms with E-state index in [4.69, 9.17) is 4.74 Å². The Morgan fingerprint density at radius 2 is 1.94 bits per heavy atom. The molecule has 106 valence electrons. The first-order valence-electron chi connectivity index (χ1n) is 8.07. The second kappa shape index (κ2) is 5.15. The minimum absolute atomic E-state index is 0.132. The largest absolute Gasteiger partial charge is 0.376 e. The summed E-state index contributed by atoms with van der Waals surface area (Å²) < 4.78 is 6.11. The third kappa shape index (κ3) is 2.48. The van der Waals surface area contributed by atoms with Crippen molar-refractivity contribution in [1.82, 2.24) is 0 Å². The van der Waals surface area contributed by atoms with Gasteiger partial charge in [-0.1, -0.05) is 27.2 Å². The molecule has 0 radical (unpaired) electrons. The topological polar surface area (TPSA) is 9.23 Å². The molecule has 4 atom stereocenters. The van der Waals surface area contributed by atoms with E-state index < -0.39 is 0 Å². The molecule has 3 rings (SSSR count). The molecule has 3 aliphatic rings. The molecule has 3 saturated carbocycles. The Morgan fingerprint density at radius 3 is 2.44 bits per heavy atom. The van der Waals surface area contributed by atoms with Crippen LogP contribution in [-0.2, 0) is 4.74 Å². The van der Waals surface area contributed by atoms with Gasteiger partial charge in [0.2, 0.25) is 0 Å². The fourth-order valence-corrected chi connectivity index (χ4v) is 4.87. The van der Waals surface area contributed by atoms with Crippen molar-refractivity contribution in [3.8, 4) is 0 Å². The van der Waals surface area contributed by atoms with Gasteiger partial charge in [-0.3, -0.25) is 0 Å². The van der Waals surface area contributed by atoms with Crippen LogP contribution in [0.15, 0.2) is 0 Å². The van der Waals surface area contributed by atoms with Crippen LogP contribution in [0.2, 0.25) is 0 Å². The monoisotopic (exact) mass is 252 g/mol. The van der Waals surface area contributed by atoms with Crippen molar-refractivity contribution >= 4 is 0 Å². The van der Waals surface area contributed by atoms with Gasteiger partial charge in [-0.15, -0.1) is 0 Å². The van der Waals surface area contributed by atoms with Crippen LogP contribution >= 0.6 is 0 Å². The zero-order valence-electron chi connectivity index (χ0n) is 13.1. The first-order chi connectivity index (χ1) is 8.43. The maximum absolute atomic E-state index is 6.11. The summed E-state index contributed by atoms with van der Waals surface area (Å²) in [5.74, 6) is 2.89. The molecule has 18 heavy (non-hydrogen) atoms. The van der Waals surface area contributed by atoms with Crippen LogP contribution in [0.4, 0.5) is 0 Å². The molecule has 0 amide bonds. The summed E-state index contributed by atoms with van der Waals surface area (Å²) in [7, 11) is 0. The van der Waals surface area contributed by atoms with E-state index in [1.165, 1.54) is 38.5 Å². The Labute approximate surface area is 114 Å². The van der Waals surface area contributed by atoms with Crippen LogP contribution in [0, 0.1) is 23.2 Å². The predicted molar refractivity (Wildman–Crippen MR) is 77.7 cm³/mol. The first-order valence-corrected chi connectivity index (χ1v) is 8.07. The molecule has 0 aromatic carbocycles. The zero-order valence-corrected chi connectivity index (χ0v) is 13.1. The molecular formula is C17H32O. The molecule has 0 heterocycles. The van der Waals surface area contributed by atoms with E-state index in [0.717, 1.165) is 24.4 Å². The fraction of sp³-hybridized carbons (Fsp3) is 1.00. The summed E-state index contributed by atoms with van der Waals surface area (Å²) in [5.41, 5.74) is 0.745. The Kier molecular flexibility index (Phi) is 4.11. The van der Waals surface area contributed by atoms with Crippen molar-refractivity contribution < 1.29 is 4.74 Å². The lowest BCUT2D eigenvalue weighted by Gasteiger charge is -2.61. The predicted octanol–water partition coefficient (Wildman–Crippen LogP) is 5.04. The maximum atomic E-state index is 6.11. The standard InChI is InChI=1S/C17H32O/c1-6-10-17(5,18-7-2)12-13-8-9-14-11-15(13)16(14,3)4/h13-15H,6-12H2,1-5H3. The average molecular weight is 252 g/mol. The second-order valence-electron chi connectivity index (χ2n) is 7.53. The highest BCUT2D eigenvalue weighted by Gasteiger charge is 2.54. The lowest BCUT2D eigenvalue weighted by atomic mass is 9.45. The van der Waals surface area contributed by atoms with E-state index in [2.05, 4.69) is 34.6 Å². The first kappa shape index (κ1) is 14.4. The van der Waals surface area contributed by atoms with Gasteiger partial charge in [-0.25, -0.2) is 0 Å². The van der Waals surface area contributed by atoms with Crippen LogP contribution in [0.5, 0.6) is 0 Å². The van der Waals surface area contributed by atoms with E-state index in [1.807, 2.05) is 0 Å². The van der Waals surface area contributed by atoms with Crippen molar-refractivity contribution in [2.75, 3.05) is 6.61 Å². The number of fused-ring (bicyclic) bond motifs is 2. The summed E-state index contributed by atoms with van der Waals surface area (Å²) in [5, 5.41) is 0. The minimum Gasteiger partial charge on any atom is -0.376 e. The van der Waals surface area contributed by atoms with E-state index in [-0.39, 0.29) is 5.60 Å². The summed E-state index contributed by atoms with van der Waals surface area (Å²) >= 11 is 0. The quantitative estimate of drug-likeness (QED) is 0.643. The van der Waals surface area contributed by atoms with Gasteiger partial charge in [0, 0.05) is 6.61 Å². The van der Waals surface area contributed by atoms with Gasteiger partial charge < -0.3 is 4.74 Å². The van der Waals surface area contributed by atoms with Crippen molar-refractivity contribution in [2.45, 2.75) is 78.7 Å². The summed E-state index contributed by atoms with van der Waals surface area (Å²) in [6.07, 6.45) is 8.14. The Balaban J connectivity index is 1.99. The highest BCUT2D eigenvalue weighted by Crippen LogP contribution is 2.62. The Morgan fingerprint density at radius 1 is 1.22 bits per heavy atom. The van der Waals surface area contributed by atoms with Gasteiger partial charge in [-0.05, 0) is 69.1 Å². The van der Waals surface area contributed by atoms with Crippen molar-refractivity contribution in [1.29, 1.82) is 0 Å². The molecule has 3 aliphatic carbocycles. The third-order valence-corrected chi connectivity index (χ3v) is 5.97. The molecule has 0 spiro atoms. The van der Waals surface area contributed by atoms with Gasteiger partial charge in [0.05, 0.1) is 5.60 Å². The van der Waals surface area contributed by atoms with Crippen LogP contribution in [-0.4, -0.2) is 12.2 Å². The lowest BCUT2D eigenvalue weighted by molar-refractivity contribution is -0.135. The molecule has 4 unspecified atom stereocenters. The molecule has 1 nitrogen and oxygen atoms in total. The van der Waals surface area contributed by atoms with E-state index in [0.29, 0.717) is 5.41 Å². The number of ether oxygens (including phenoxy) is 1. The van der Waals surface area contributed by atoms with Crippen molar-refractivity contribution in [3.63, 3.8) is 0 Å². The summed E-state index contributed by atoms with van der Waals surface area (Å²) in [6, 6.07) is 0. The van der Waals surface area contributed by atoms with Crippen molar-refractivity contribution in [2.24, 2.45) is 23.2 Å². The Hall–Kier alpha value is -0.0400. The number of rotatable bonds is 6. The van der Waals surface area contributed by atoms with Crippen LogP contribution in [0.25, 0.3) is 0 Å². The Bertz CT molecular complexity index is 273. The molecular weight excluding hydrogens is 220 g/mol. The average Bonchev–Trinajstić information content (AvgIpc) is 2.29. The second-order valence-corrected chi connectivity index (χ2v) is 7.53. The van der Waals surface area contributed by atoms with Gasteiger partial charge in [0.25, 0.3) is 0 Å². The van der Waals surface area contributed by atoms with Gasteiger partial charge in [0.1, 0.15) is 0 Å². The minimum atomic E-state index is 0.132. The van der Waals surface area contributed by atoms with Gasteiger partial charge in [-0.2, -0.15) is 0 Å². The number of hydrogen-bond donors (Lipinski definition) is 0.